The normalized spacial score (nSPS) is 31.4. The molecule has 2 aromatic rings. The van der Waals surface area contributed by atoms with Crippen molar-refractivity contribution in [3.63, 3.8) is 0 Å². The summed E-state index contributed by atoms with van der Waals surface area (Å²) in [6.45, 7) is 4.89. The van der Waals surface area contributed by atoms with Gasteiger partial charge in [-0.3, -0.25) is 14.4 Å². The van der Waals surface area contributed by atoms with Crippen molar-refractivity contribution in [1.82, 2.24) is 0 Å². The largest absolute Gasteiger partial charge is 0.507 e. The first-order chi connectivity index (χ1) is 17.0. The second-order valence-corrected chi connectivity index (χ2v) is 10.0. The van der Waals surface area contributed by atoms with Gasteiger partial charge in [0.05, 0.1) is 29.4 Å². The molecule has 0 radical (unpaired) electrons. The first-order valence-electron chi connectivity index (χ1n) is 12.1. The fraction of sp³-hybridized carbons (Fsp3) is 0.444. The molecule has 0 unspecified atom stereocenters. The first kappa shape index (κ1) is 24.6. The molecule has 0 aromatic heterocycles. The summed E-state index contributed by atoms with van der Waals surface area (Å²) in [7, 11) is 0. The van der Waals surface area contributed by atoms with Crippen LogP contribution < -0.4 is 5.73 Å². The minimum absolute atomic E-state index is 0.0711. The lowest BCUT2D eigenvalue weighted by molar-refractivity contribution is -0.249. The van der Waals surface area contributed by atoms with Gasteiger partial charge in [-0.05, 0) is 26.2 Å². The van der Waals surface area contributed by atoms with Crippen LogP contribution in [0.5, 0.6) is 11.5 Å². The Morgan fingerprint density at radius 3 is 2.19 bits per heavy atom. The van der Waals surface area contributed by atoms with E-state index in [1.54, 1.807) is 26.0 Å². The number of aromatic hydroxyl groups is 2. The number of Topliss-reactive ketones (excluding diaryl/α,β-unsaturated/α-hetero) is 1. The zero-order valence-corrected chi connectivity index (χ0v) is 20.2. The van der Waals surface area contributed by atoms with Crippen molar-refractivity contribution < 1.29 is 39.2 Å². The Kier molecular flexibility index (Phi) is 5.99. The fourth-order valence-corrected chi connectivity index (χ4v) is 5.82. The molecule has 9 heteroatoms. The SMILES string of the molecule is CC(=O)[C@@H]1Cc2c(O)c3c(c(O)c2[C@@H](O[C@H]2C[C@H](N)[C@H](O)[C@H](C)O2)[C@@H]1C)C(=O)c1ccccc1C3=O. The zero-order valence-electron chi connectivity index (χ0n) is 20.2. The van der Waals surface area contributed by atoms with Gasteiger partial charge in [0.2, 0.25) is 0 Å². The van der Waals surface area contributed by atoms with Crippen LogP contribution in [-0.4, -0.2) is 57.2 Å². The predicted octanol–water partition coefficient (Wildman–Crippen LogP) is 2.15. The molecule has 1 heterocycles. The Balaban J connectivity index is 1.67. The first-order valence-corrected chi connectivity index (χ1v) is 12.1. The molecule has 3 aliphatic rings. The van der Waals surface area contributed by atoms with Crippen LogP contribution in [0.15, 0.2) is 24.3 Å². The average molecular weight is 496 g/mol. The quantitative estimate of drug-likeness (QED) is 0.400. The number of rotatable bonds is 3. The van der Waals surface area contributed by atoms with Crippen LogP contribution in [0.3, 0.4) is 0 Å². The molecule has 2 aromatic carbocycles. The molecule has 0 saturated carbocycles. The molecule has 1 saturated heterocycles. The van der Waals surface area contributed by atoms with E-state index in [1.807, 2.05) is 0 Å². The minimum atomic E-state index is -0.946. The van der Waals surface area contributed by atoms with E-state index in [0.29, 0.717) is 0 Å². The molecule has 0 bridgehead atoms. The average Bonchev–Trinajstić information content (AvgIpc) is 2.84. The Morgan fingerprint density at radius 2 is 1.64 bits per heavy atom. The number of hydrogen-bond acceptors (Lipinski definition) is 9. The molecule has 9 nitrogen and oxygen atoms in total. The molecular formula is C27H29NO8. The van der Waals surface area contributed by atoms with E-state index >= 15 is 0 Å². The number of carbonyl (C=O) groups excluding carboxylic acids is 3. The number of ketones is 3. The maximum atomic E-state index is 13.4. The maximum Gasteiger partial charge on any atom is 0.198 e. The van der Waals surface area contributed by atoms with Gasteiger partial charge in [-0.2, -0.15) is 0 Å². The highest BCUT2D eigenvalue weighted by molar-refractivity contribution is 6.30. The topological polar surface area (TPSA) is 156 Å². The summed E-state index contributed by atoms with van der Waals surface area (Å²) in [5, 5.41) is 32.9. The van der Waals surface area contributed by atoms with E-state index in [1.165, 1.54) is 19.1 Å². The Morgan fingerprint density at radius 1 is 1.06 bits per heavy atom. The van der Waals surface area contributed by atoms with Gasteiger partial charge in [0.15, 0.2) is 17.9 Å². The number of phenolic OH excluding ortho intramolecular Hbond substituents is 2. The molecule has 5 N–H and O–H groups in total. The van der Waals surface area contributed by atoms with Gasteiger partial charge in [-0.1, -0.05) is 31.2 Å². The molecule has 7 atom stereocenters. The maximum absolute atomic E-state index is 13.4. The third-order valence-electron chi connectivity index (χ3n) is 7.85. The summed E-state index contributed by atoms with van der Waals surface area (Å²) in [6, 6.07) is 5.63. The molecule has 0 amide bonds. The monoisotopic (exact) mass is 495 g/mol. The van der Waals surface area contributed by atoms with Gasteiger partial charge >= 0.3 is 0 Å². The second-order valence-electron chi connectivity index (χ2n) is 10.0. The molecule has 190 valence electrons. The summed E-state index contributed by atoms with van der Waals surface area (Å²) < 4.78 is 12.1. The predicted molar refractivity (Wildman–Crippen MR) is 127 cm³/mol. The van der Waals surface area contributed by atoms with Crippen molar-refractivity contribution in [3.8, 4) is 11.5 Å². The van der Waals surface area contributed by atoms with Crippen LogP contribution >= 0.6 is 0 Å². The van der Waals surface area contributed by atoms with E-state index < -0.39 is 65.5 Å². The Bertz CT molecular complexity index is 1280. The highest BCUT2D eigenvalue weighted by Gasteiger charge is 2.47. The minimum Gasteiger partial charge on any atom is -0.507 e. The highest BCUT2D eigenvalue weighted by Crippen LogP contribution is 2.52. The molecular weight excluding hydrogens is 466 g/mol. The number of hydrogen-bond donors (Lipinski definition) is 4. The molecule has 1 fully saturated rings. The van der Waals surface area contributed by atoms with E-state index in [-0.39, 0.29) is 52.0 Å². The lowest BCUT2D eigenvalue weighted by Crippen LogP contribution is -2.52. The Hall–Kier alpha value is -3.11. The summed E-state index contributed by atoms with van der Waals surface area (Å²) in [6.07, 6.45) is -3.06. The van der Waals surface area contributed by atoms with E-state index in [0.717, 1.165) is 0 Å². The van der Waals surface area contributed by atoms with Gasteiger partial charge in [-0.15, -0.1) is 0 Å². The number of nitrogens with two attached hydrogens (primary N) is 1. The van der Waals surface area contributed by atoms with Crippen LogP contribution in [0.2, 0.25) is 0 Å². The number of ether oxygens (including phenoxy) is 2. The molecule has 1 aliphatic heterocycles. The summed E-state index contributed by atoms with van der Waals surface area (Å²) in [4.78, 5) is 39.3. The van der Waals surface area contributed by atoms with Crippen molar-refractivity contribution in [3.05, 3.63) is 57.6 Å². The second kappa shape index (κ2) is 8.77. The van der Waals surface area contributed by atoms with Gasteiger partial charge in [0, 0.05) is 40.6 Å². The number of aliphatic hydroxyl groups is 1. The van der Waals surface area contributed by atoms with E-state index in [4.69, 9.17) is 15.2 Å². The smallest absolute Gasteiger partial charge is 0.198 e. The third kappa shape index (κ3) is 3.57. The van der Waals surface area contributed by atoms with Crippen LogP contribution in [0.1, 0.15) is 76.3 Å². The lowest BCUT2D eigenvalue weighted by atomic mass is 9.69. The lowest BCUT2D eigenvalue weighted by Gasteiger charge is -2.42. The third-order valence-corrected chi connectivity index (χ3v) is 7.85. The molecule has 0 spiro atoms. The van der Waals surface area contributed by atoms with Crippen molar-refractivity contribution in [1.29, 1.82) is 0 Å². The molecule has 5 rings (SSSR count). The van der Waals surface area contributed by atoms with Gasteiger partial charge in [0.25, 0.3) is 0 Å². The van der Waals surface area contributed by atoms with Gasteiger partial charge in [0.1, 0.15) is 17.3 Å². The zero-order chi connectivity index (χ0) is 26.0. The summed E-state index contributed by atoms with van der Waals surface area (Å²) in [5.74, 6) is -3.20. The molecule has 2 aliphatic carbocycles. The van der Waals surface area contributed by atoms with E-state index in [2.05, 4.69) is 0 Å². The van der Waals surface area contributed by atoms with Crippen molar-refractivity contribution in [2.24, 2.45) is 17.6 Å². The fourth-order valence-electron chi connectivity index (χ4n) is 5.82. The Labute approximate surface area is 207 Å². The highest BCUT2D eigenvalue weighted by atomic mass is 16.7. The number of carbonyl (C=O) groups is 3. The van der Waals surface area contributed by atoms with Crippen LogP contribution in [0.4, 0.5) is 0 Å². The van der Waals surface area contributed by atoms with Crippen LogP contribution in [-0.2, 0) is 20.7 Å². The number of aliphatic hydroxyl groups excluding tert-OH is 1. The number of fused-ring (bicyclic) bond motifs is 3. The van der Waals surface area contributed by atoms with Crippen molar-refractivity contribution in [2.75, 3.05) is 0 Å². The van der Waals surface area contributed by atoms with Crippen molar-refractivity contribution in [2.45, 2.75) is 64.3 Å². The number of benzene rings is 2. The van der Waals surface area contributed by atoms with E-state index in [9.17, 15) is 29.7 Å². The van der Waals surface area contributed by atoms with Gasteiger partial charge < -0.3 is 30.5 Å². The summed E-state index contributed by atoms with van der Waals surface area (Å²) >= 11 is 0. The van der Waals surface area contributed by atoms with Crippen molar-refractivity contribution >= 4 is 17.3 Å². The van der Waals surface area contributed by atoms with Gasteiger partial charge in [-0.25, -0.2) is 0 Å². The summed E-state index contributed by atoms with van der Waals surface area (Å²) in [5.41, 5.74) is 6.15. The van der Waals surface area contributed by atoms with Crippen LogP contribution in [0.25, 0.3) is 0 Å². The molecule has 36 heavy (non-hydrogen) atoms. The van der Waals surface area contributed by atoms with Crippen LogP contribution in [0, 0.1) is 11.8 Å². The standard InChI is InChI=1S/C27H29NO8/c1-10-15(11(2)29)8-16-19(27(10)36-18-9-17(28)22(30)12(3)35-18)26(34)21-20(25(16)33)23(31)13-6-4-5-7-14(13)24(21)32/h4-7,10,12,15,17-18,22,27,30,33-34H,8-9,28H2,1-3H3/t10-,12+,15-,17+,18+,22-,27+/m1/s1. The number of phenols is 2.